The summed E-state index contributed by atoms with van der Waals surface area (Å²) in [6.45, 7) is 3.16. The van der Waals surface area contributed by atoms with Crippen molar-refractivity contribution >= 4 is 5.91 Å². The lowest BCUT2D eigenvalue weighted by Gasteiger charge is -2.37. The molecule has 16 heteroatoms. The molecule has 3 fully saturated rings. The number of benzene rings is 3. The van der Waals surface area contributed by atoms with Crippen LogP contribution < -0.4 is 37.3 Å². The van der Waals surface area contributed by atoms with Gasteiger partial charge in [-0.3, -0.25) is 33.5 Å². The number of hydrogen-bond acceptors (Lipinski definition) is 11. The number of ether oxygens (including phenoxy) is 5. The van der Waals surface area contributed by atoms with Gasteiger partial charge in [-0.25, -0.2) is 9.59 Å². The first-order valence-corrected chi connectivity index (χ1v) is 19.3. The maximum Gasteiger partial charge on any atom is 0.330 e. The largest absolute Gasteiger partial charge is 0.497 e. The molecule has 0 bridgehead atoms. The molecular weight excluding hydrogens is 762 g/mol. The van der Waals surface area contributed by atoms with Gasteiger partial charge < -0.3 is 34.1 Å². The first-order valence-electron chi connectivity index (χ1n) is 19.3. The van der Waals surface area contributed by atoms with Gasteiger partial charge >= 0.3 is 11.4 Å². The van der Waals surface area contributed by atoms with Crippen molar-refractivity contribution in [2.75, 3.05) is 20.8 Å². The number of rotatable bonds is 13. The van der Waals surface area contributed by atoms with Gasteiger partial charge in [0.15, 0.2) is 0 Å². The Morgan fingerprint density at radius 3 is 1.88 bits per heavy atom. The van der Waals surface area contributed by atoms with E-state index in [0.29, 0.717) is 22.6 Å². The number of methoxy groups -OCH3 is 2. The van der Waals surface area contributed by atoms with E-state index in [1.54, 1.807) is 28.1 Å². The normalized spacial score (nSPS) is 24.7. The molecule has 4 N–H and O–H groups in total. The summed E-state index contributed by atoms with van der Waals surface area (Å²) in [5.74, 6) is 0.221. The maximum atomic E-state index is 13.7. The highest BCUT2D eigenvalue weighted by atomic mass is 16.6. The number of H-pyrrole nitrogens is 2. The molecule has 1 saturated carbocycles. The van der Waals surface area contributed by atoms with Crippen LogP contribution in [0.1, 0.15) is 53.1 Å². The minimum Gasteiger partial charge on any atom is -0.497 e. The summed E-state index contributed by atoms with van der Waals surface area (Å²) < 4.78 is 33.3. The summed E-state index contributed by atoms with van der Waals surface area (Å²) >= 11 is 0. The molecule has 3 aliphatic rings. The molecule has 0 radical (unpaired) electrons. The predicted octanol–water partition coefficient (Wildman–Crippen LogP) is 2.40. The molecule has 2 aromatic heterocycles. The Morgan fingerprint density at radius 2 is 1.31 bits per heavy atom. The van der Waals surface area contributed by atoms with Crippen molar-refractivity contribution in [2.45, 2.75) is 69.1 Å². The number of carbonyl (C=O) groups excluding carboxylic acids is 1. The average molecular weight is 808 g/mol. The third-order valence-electron chi connectivity index (χ3n) is 11.6. The van der Waals surface area contributed by atoms with E-state index < -0.39 is 70.8 Å². The molecule has 2 aliphatic heterocycles. The van der Waals surface area contributed by atoms with E-state index in [9.17, 15) is 29.1 Å². The molecular formula is C43H45N5O11. The van der Waals surface area contributed by atoms with Gasteiger partial charge in [0.2, 0.25) is 5.91 Å². The second-order valence-corrected chi connectivity index (χ2v) is 15.2. The second kappa shape index (κ2) is 15.9. The smallest absolute Gasteiger partial charge is 0.330 e. The number of aliphatic hydroxyl groups excluding tert-OH is 1. The molecule has 2 saturated heterocycles. The average Bonchev–Trinajstić information content (AvgIpc) is 3.60. The summed E-state index contributed by atoms with van der Waals surface area (Å²) in [7, 11) is 3.20. The van der Waals surface area contributed by atoms with Gasteiger partial charge in [-0.1, -0.05) is 54.6 Å². The molecule has 1 amide bonds. The number of fused-ring (bicyclic) bond motifs is 1. The van der Waals surface area contributed by atoms with E-state index >= 15 is 0 Å². The minimum absolute atomic E-state index is 0.0214. The zero-order valence-electron chi connectivity index (χ0n) is 32.8. The first-order chi connectivity index (χ1) is 28.4. The van der Waals surface area contributed by atoms with Gasteiger partial charge in [0.05, 0.1) is 45.6 Å². The zero-order chi connectivity index (χ0) is 41.6. The Morgan fingerprint density at radius 1 is 0.763 bits per heavy atom. The summed E-state index contributed by atoms with van der Waals surface area (Å²) in [6.07, 6.45) is -1.75. The van der Waals surface area contributed by atoms with Crippen molar-refractivity contribution in [3.8, 4) is 11.5 Å². The fourth-order valence-electron chi connectivity index (χ4n) is 8.51. The van der Waals surface area contributed by atoms with Crippen molar-refractivity contribution < 1.29 is 33.6 Å². The molecule has 308 valence electrons. The number of aromatic amines is 2. The van der Waals surface area contributed by atoms with E-state index in [1.165, 1.54) is 21.5 Å². The van der Waals surface area contributed by atoms with Crippen LogP contribution in [0, 0.1) is 25.7 Å². The van der Waals surface area contributed by atoms with Crippen molar-refractivity contribution in [3.05, 3.63) is 161 Å². The summed E-state index contributed by atoms with van der Waals surface area (Å²) in [4.78, 5) is 68.3. The minimum atomic E-state index is -1.17. The van der Waals surface area contributed by atoms with Gasteiger partial charge in [-0.15, -0.1) is 0 Å². The van der Waals surface area contributed by atoms with E-state index in [2.05, 4.69) is 15.3 Å². The van der Waals surface area contributed by atoms with E-state index in [1.807, 2.05) is 78.9 Å². The van der Waals surface area contributed by atoms with Crippen molar-refractivity contribution in [2.24, 2.45) is 11.8 Å². The quantitative estimate of drug-likeness (QED) is 0.127. The molecule has 0 spiro atoms. The highest BCUT2D eigenvalue weighted by Gasteiger charge is 2.66. The van der Waals surface area contributed by atoms with Crippen LogP contribution in [0.3, 0.4) is 0 Å². The van der Waals surface area contributed by atoms with Gasteiger partial charge in [0.1, 0.15) is 29.6 Å². The second-order valence-electron chi connectivity index (χ2n) is 15.2. The predicted molar refractivity (Wildman–Crippen MR) is 212 cm³/mol. The van der Waals surface area contributed by atoms with Crippen LogP contribution in [0.5, 0.6) is 11.5 Å². The fraction of sp³-hybridized carbons (Fsp3) is 0.372. The zero-order valence-corrected chi connectivity index (χ0v) is 32.8. The lowest BCUT2D eigenvalue weighted by molar-refractivity contribution is -0.127. The van der Waals surface area contributed by atoms with E-state index in [4.69, 9.17) is 23.7 Å². The fourth-order valence-corrected chi connectivity index (χ4v) is 8.51. The highest BCUT2D eigenvalue weighted by molar-refractivity contribution is 5.77. The van der Waals surface area contributed by atoms with E-state index in [0.717, 1.165) is 16.7 Å². The van der Waals surface area contributed by atoms with Crippen LogP contribution >= 0.6 is 0 Å². The lowest BCUT2D eigenvalue weighted by Crippen LogP contribution is -2.41. The van der Waals surface area contributed by atoms with Crippen LogP contribution in [0.15, 0.2) is 110 Å². The van der Waals surface area contributed by atoms with Crippen molar-refractivity contribution in [1.29, 1.82) is 0 Å². The lowest BCUT2D eigenvalue weighted by atomic mass is 9.80. The van der Waals surface area contributed by atoms with Gasteiger partial charge in [-0.05, 0) is 54.8 Å². The Balaban J connectivity index is 1.09. The van der Waals surface area contributed by atoms with Gasteiger partial charge in [0, 0.05) is 47.8 Å². The Labute approximate surface area is 337 Å². The third kappa shape index (κ3) is 7.44. The number of aryl methyl sites for hydroxylation is 2. The molecule has 1 aliphatic carbocycles. The number of amides is 1. The molecule has 8 atom stereocenters. The highest BCUT2D eigenvalue weighted by Crippen LogP contribution is 2.57. The Kier molecular flexibility index (Phi) is 10.7. The number of nitrogens with zero attached hydrogens (tertiary/aromatic N) is 2. The molecule has 8 rings (SSSR count). The van der Waals surface area contributed by atoms with Crippen LogP contribution in [0.25, 0.3) is 0 Å². The first kappa shape index (κ1) is 39.7. The monoisotopic (exact) mass is 807 g/mol. The van der Waals surface area contributed by atoms with Crippen LogP contribution in [-0.2, 0) is 24.6 Å². The molecule has 3 aromatic carbocycles. The number of aliphatic hydroxyl groups is 1. The summed E-state index contributed by atoms with van der Waals surface area (Å²) in [5.41, 5.74) is -0.486. The number of carbonyl (C=O) groups is 1. The van der Waals surface area contributed by atoms with Gasteiger partial charge in [0.25, 0.3) is 11.1 Å². The molecule has 16 nitrogen and oxygen atoms in total. The van der Waals surface area contributed by atoms with Crippen LogP contribution in [0.4, 0.5) is 0 Å². The SMILES string of the molecule is COc1ccc(C(OC[C@H]2O[C@@H](n3cc(C)c(=O)[nH]c3=O)[C@@H]3[C@@H](NC(=O)C[C@H]4O[C@@H](n5cc(C)c(=O)[nH]c5=O)C[C@@H]4O)[C@@H]32)(c2ccccc2)c2ccc(OC)cc2)cc1. The van der Waals surface area contributed by atoms with Gasteiger partial charge in [-0.2, -0.15) is 0 Å². The summed E-state index contributed by atoms with van der Waals surface area (Å²) in [5, 5.41) is 14.0. The van der Waals surface area contributed by atoms with Crippen LogP contribution in [0.2, 0.25) is 0 Å². The number of aromatic nitrogens is 4. The topological polar surface area (TPSA) is 205 Å². The third-order valence-corrected chi connectivity index (χ3v) is 11.6. The molecule has 5 aromatic rings. The number of nitrogens with one attached hydrogen (secondary N) is 3. The molecule has 59 heavy (non-hydrogen) atoms. The Bertz CT molecular complexity index is 2520. The molecule has 0 unspecified atom stereocenters. The van der Waals surface area contributed by atoms with E-state index in [-0.39, 0.29) is 31.3 Å². The Hall–Kier alpha value is -6.07. The standard InChI is InChI=1S/C43H45N5O11/c1-23-20-47(41(53)45-38(23)51)34-18-30(49)31(58-34)19-33(50)44-37-35-32(59-40(36(35)37)48-21-24(2)39(52)46-42(48)54)22-57-43(25-8-6-5-7-9-25,26-10-14-28(55-3)15-11-26)27-12-16-29(56-4)17-13-27/h5-17,20-21,30-32,34-37,40,49H,18-19,22H2,1-4H3,(H,44,50)(H,45,51,53)(H,46,52,54)/t30-,31+,32+,34+,35+,36-,37-,40+/m0/s1. The van der Waals surface area contributed by atoms with Crippen molar-refractivity contribution in [1.82, 2.24) is 24.4 Å². The maximum absolute atomic E-state index is 13.7. The van der Waals surface area contributed by atoms with Crippen molar-refractivity contribution in [3.63, 3.8) is 0 Å². The molecule has 4 heterocycles. The summed E-state index contributed by atoms with van der Waals surface area (Å²) in [6, 6.07) is 24.5. The number of hydrogen-bond donors (Lipinski definition) is 4. The van der Waals surface area contributed by atoms with Crippen LogP contribution in [-0.4, -0.2) is 75.3 Å².